The smallest absolute Gasteiger partial charge is 0.320 e. The molecule has 16 heavy (non-hydrogen) atoms. The molecule has 0 amide bonds. The van der Waals surface area contributed by atoms with E-state index in [1.165, 1.54) is 0 Å². The Kier molecular flexibility index (Phi) is 4.00. The SMILES string of the molecule is CC(NC(C(=O)O)C(C)C)c1nncn1C. The van der Waals surface area contributed by atoms with Gasteiger partial charge in [-0.25, -0.2) is 0 Å². The Morgan fingerprint density at radius 3 is 2.50 bits per heavy atom. The van der Waals surface area contributed by atoms with Gasteiger partial charge in [-0.1, -0.05) is 13.8 Å². The van der Waals surface area contributed by atoms with Gasteiger partial charge in [0, 0.05) is 7.05 Å². The van der Waals surface area contributed by atoms with Crippen LogP contribution in [-0.4, -0.2) is 31.9 Å². The molecule has 2 atom stereocenters. The van der Waals surface area contributed by atoms with Crippen molar-refractivity contribution in [1.82, 2.24) is 20.1 Å². The molecule has 1 aromatic heterocycles. The summed E-state index contributed by atoms with van der Waals surface area (Å²) in [7, 11) is 1.83. The van der Waals surface area contributed by atoms with E-state index in [4.69, 9.17) is 5.11 Å². The van der Waals surface area contributed by atoms with Crippen molar-refractivity contribution in [3.8, 4) is 0 Å². The van der Waals surface area contributed by atoms with E-state index in [2.05, 4.69) is 15.5 Å². The zero-order valence-electron chi connectivity index (χ0n) is 10.0. The van der Waals surface area contributed by atoms with E-state index in [1.54, 1.807) is 10.9 Å². The highest BCUT2D eigenvalue weighted by atomic mass is 16.4. The second-order valence-electron chi connectivity index (χ2n) is 4.25. The molecule has 0 aliphatic rings. The van der Waals surface area contributed by atoms with Gasteiger partial charge < -0.3 is 9.67 Å². The lowest BCUT2D eigenvalue weighted by atomic mass is 10.0. The Labute approximate surface area is 94.7 Å². The lowest BCUT2D eigenvalue weighted by molar-refractivity contribution is -0.140. The van der Waals surface area contributed by atoms with Gasteiger partial charge in [0.1, 0.15) is 18.2 Å². The molecular weight excluding hydrogens is 208 g/mol. The van der Waals surface area contributed by atoms with Crippen LogP contribution in [0.1, 0.15) is 32.6 Å². The van der Waals surface area contributed by atoms with E-state index in [1.807, 2.05) is 27.8 Å². The number of hydrogen-bond donors (Lipinski definition) is 2. The van der Waals surface area contributed by atoms with Crippen LogP contribution in [-0.2, 0) is 11.8 Å². The number of nitrogens with zero attached hydrogens (tertiary/aromatic N) is 3. The zero-order chi connectivity index (χ0) is 12.3. The normalized spacial score (nSPS) is 15.1. The molecule has 1 aromatic rings. The summed E-state index contributed by atoms with van der Waals surface area (Å²) in [4.78, 5) is 11.0. The number of aryl methyl sites for hydroxylation is 1. The van der Waals surface area contributed by atoms with Gasteiger partial charge >= 0.3 is 5.97 Å². The van der Waals surface area contributed by atoms with Crippen molar-refractivity contribution in [1.29, 1.82) is 0 Å². The summed E-state index contributed by atoms with van der Waals surface area (Å²) in [6.45, 7) is 5.62. The fourth-order valence-electron chi connectivity index (χ4n) is 1.58. The second kappa shape index (κ2) is 5.07. The summed E-state index contributed by atoms with van der Waals surface area (Å²) >= 11 is 0. The monoisotopic (exact) mass is 226 g/mol. The molecule has 0 aliphatic carbocycles. The Morgan fingerprint density at radius 2 is 2.12 bits per heavy atom. The summed E-state index contributed by atoms with van der Waals surface area (Å²) in [6.07, 6.45) is 1.60. The molecule has 6 nitrogen and oxygen atoms in total. The van der Waals surface area contributed by atoms with Crippen molar-refractivity contribution in [3.63, 3.8) is 0 Å². The van der Waals surface area contributed by atoms with Crippen molar-refractivity contribution in [2.24, 2.45) is 13.0 Å². The number of aromatic nitrogens is 3. The van der Waals surface area contributed by atoms with Crippen molar-refractivity contribution in [2.75, 3.05) is 0 Å². The van der Waals surface area contributed by atoms with Crippen LogP contribution in [0, 0.1) is 5.92 Å². The number of hydrogen-bond acceptors (Lipinski definition) is 4. The third kappa shape index (κ3) is 2.79. The van der Waals surface area contributed by atoms with E-state index in [0.29, 0.717) is 0 Å². The zero-order valence-corrected chi connectivity index (χ0v) is 10.0. The average Bonchev–Trinajstić information content (AvgIpc) is 2.59. The number of rotatable bonds is 5. The van der Waals surface area contributed by atoms with Gasteiger partial charge in [-0.3, -0.25) is 10.1 Å². The van der Waals surface area contributed by atoms with Crippen LogP contribution in [0.5, 0.6) is 0 Å². The first-order valence-corrected chi connectivity index (χ1v) is 5.26. The van der Waals surface area contributed by atoms with Crippen LogP contribution in [0.3, 0.4) is 0 Å². The topological polar surface area (TPSA) is 80.0 Å². The minimum atomic E-state index is -0.844. The van der Waals surface area contributed by atoms with E-state index in [9.17, 15) is 4.79 Å². The minimum Gasteiger partial charge on any atom is -0.480 e. The first kappa shape index (κ1) is 12.6. The summed E-state index contributed by atoms with van der Waals surface area (Å²) in [5.74, 6) is -0.0934. The second-order valence-corrected chi connectivity index (χ2v) is 4.25. The lowest BCUT2D eigenvalue weighted by Gasteiger charge is -2.22. The van der Waals surface area contributed by atoms with E-state index < -0.39 is 12.0 Å². The average molecular weight is 226 g/mol. The van der Waals surface area contributed by atoms with Crippen LogP contribution >= 0.6 is 0 Å². The van der Waals surface area contributed by atoms with E-state index >= 15 is 0 Å². The molecule has 1 rings (SSSR count). The number of nitrogens with one attached hydrogen (secondary N) is 1. The van der Waals surface area contributed by atoms with Crippen LogP contribution in [0.4, 0.5) is 0 Å². The molecule has 2 unspecified atom stereocenters. The van der Waals surface area contributed by atoms with Crippen molar-refractivity contribution < 1.29 is 9.90 Å². The minimum absolute atomic E-state index is 0.0215. The Hall–Kier alpha value is -1.43. The predicted octanol–water partition coefficient (Wildman–Crippen LogP) is 0.575. The molecule has 0 saturated heterocycles. The van der Waals surface area contributed by atoms with Gasteiger partial charge in [-0.2, -0.15) is 0 Å². The van der Waals surface area contributed by atoms with Crippen LogP contribution in [0.15, 0.2) is 6.33 Å². The van der Waals surface area contributed by atoms with E-state index in [0.717, 1.165) is 5.82 Å². The highest BCUT2D eigenvalue weighted by Crippen LogP contribution is 2.12. The number of carboxylic acid groups (broad SMARTS) is 1. The van der Waals surface area contributed by atoms with Gasteiger partial charge in [-0.05, 0) is 12.8 Å². The third-order valence-electron chi connectivity index (χ3n) is 2.50. The Balaban J connectivity index is 2.73. The molecule has 0 radical (unpaired) electrons. The highest BCUT2D eigenvalue weighted by molar-refractivity contribution is 5.73. The fraction of sp³-hybridized carbons (Fsp3) is 0.700. The van der Waals surface area contributed by atoms with Gasteiger partial charge in [0.2, 0.25) is 0 Å². The molecule has 0 bridgehead atoms. The van der Waals surface area contributed by atoms with Gasteiger partial charge in [0.15, 0.2) is 0 Å². The van der Waals surface area contributed by atoms with Crippen molar-refractivity contribution >= 4 is 5.97 Å². The standard InChI is InChI=1S/C10H18N4O2/c1-6(2)8(10(15)16)12-7(3)9-13-11-5-14(9)4/h5-8,12H,1-4H3,(H,15,16). The van der Waals surface area contributed by atoms with Gasteiger partial charge in [0.05, 0.1) is 6.04 Å². The molecular formula is C10H18N4O2. The molecule has 2 N–H and O–H groups in total. The summed E-state index contributed by atoms with van der Waals surface area (Å²) in [5, 5.41) is 19.8. The van der Waals surface area contributed by atoms with Crippen molar-refractivity contribution in [2.45, 2.75) is 32.9 Å². The van der Waals surface area contributed by atoms with Crippen molar-refractivity contribution in [3.05, 3.63) is 12.2 Å². The number of aliphatic carboxylic acids is 1. The lowest BCUT2D eigenvalue weighted by Crippen LogP contribution is -2.42. The third-order valence-corrected chi connectivity index (χ3v) is 2.50. The molecule has 0 aliphatic heterocycles. The maximum atomic E-state index is 11.0. The summed E-state index contributed by atoms with van der Waals surface area (Å²) in [5.41, 5.74) is 0. The Bertz CT molecular complexity index is 361. The molecule has 0 fully saturated rings. The first-order chi connectivity index (χ1) is 7.43. The highest BCUT2D eigenvalue weighted by Gasteiger charge is 2.24. The maximum absolute atomic E-state index is 11.0. The summed E-state index contributed by atoms with van der Waals surface area (Å²) in [6, 6.07) is -0.720. The fourth-order valence-corrected chi connectivity index (χ4v) is 1.58. The molecule has 6 heteroatoms. The van der Waals surface area contributed by atoms with Crippen LogP contribution in [0.25, 0.3) is 0 Å². The van der Waals surface area contributed by atoms with Gasteiger partial charge in [-0.15, -0.1) is 10.2 Å². The Morgan fingerprint density at radius 1 is 1.50 bits per heavy atom. The predicted molar refractivity (Wildman–Crippen MR) is 58.8 cm³/mol. The molecule has 0 saturated carbocycles. The maximum Gasteiger partial charge on any atom is 0.320 e. The molecule has 0 aromatic carbocycles. The molecule has 1 heterocycles. The van der Waals surface area contributed by atoms with Crippen LogP contribution in [0.2, 0.25) is 0 Å². The molecule has 0 spiro atoms. The first-order valence-electron chi connectivity index (χ1n) is 5.26. The molecule has 90 valence electrons. The van der Waals surface area contributed by atoms with E-state index in [-0.39, 0.29) is 12.0 Å². The number of carboxylic acids is 1. The number of carbonyl (C=O) groups is 1. The largest absolute Gasteiger partial charge is 0.480 e. The van der Waals surface area contributed by atoms with Crippen LogP contribution < -0.4 is 5.32 Å². The summed E-state index contributed by atoms with van der Waals surface area (Å²) < 4.78 is 1.77. The quantitative estimate of drug-likeness (QED) is 0.767. The van der Waals surface area contributed by atoms with Gasteiger partial charge in [0.25, 0.3) is 0 Å².